The number of aliphatic hydroxyl groups excluding tert-OH is 5. The number of aliphatic hydroxyl groups is 5. The first-order valence-corrected chi connectivity index (χ1v) is 26.1. The van der Waals surface area contributed by atoms with Gasteiger partial charge in [-0.3, -0.25) is 18.6 Å². The Balaban J connectivity index is 2.48. The maximum Gasteiger partial charge on any atom is 0.472 e. The van der Waals surface area contributed by atoms with E-state index in [4.69, 9.17) is 18.5 Å². The minimum absolute atomic E-state index is 0.0175. The van der Waals surface area contributed by atoms with Gasteiger partial charge >= 0.3 is 19.8 Å². The zero-order valence-corrected chi connectivity index (χ0v) is 40.2. The first-order chi connectivity index (χ1) is 30.9. The Morgan fingerprint density at radius 3 is 1.34 bits per heavy atom. The summed E-state index contributed by atoms with van der Waals surface area (Å²) in [7, 11) is -5.14. The zero-order chi connectivity index (χ0) is 47.1. The van der Waals surface area contributed by atoms with Crippen molar-refractivity contribution in [2.75, 3.05) is 13.2 Å². The van der Waals surface area contributed by atoms with Crippen molar-refractivity contribution in [2.24, 2.45) is 0 Å². The number of hydrogen-bond acceptors (Lipinski definition) is 12. The summed E-state index contributed by atoms with van der Waals surface area (Å²) in [4.78, 5) is 35.7. The van der Waals surface area contributed by atoms with E-state index in [-0.39, 0.29) is 12.8 Å². The van der Waals surface area contributed by atoms with Crippen molar-refractivity contribution in [2.45, 2.75) is 230 Å². The molecule has 0 aliphatic heterocycles. The van der Waals surface area contributed by atoms with E-state index in [2.05, 4.69) is 62.5 Å². The van der Waals surface area contributed by atoms with E-state index in [9.17, 15) is 44.6 Å². The number of rotatable bonds is 40. The zero-order valence-electron chi connectivity index (χ0n) is 39.3. The standard InChI is InChI=1S/C50H87O13P/c1-3-5-7-9-11-13-15-17-19-20-21-22-23-24-25-27-29-31-33-35-37-39-44(52)62-42(41-61-64(58,59)63-50-48(56)46(54)45(53)47(55)49(50)57)40-60-43(51)38-36-34-32-30-28-26-18-16-14-12-10-8-6-4-2/h16,18-20,22-23,25,27,31,33,42,45-50,53-57H,3-15,17,21,24,26,28-30,32,34-41H2,1-2H3,(H,58,59)/b18-16+,20-19+,23-22+,27-25+,33-31+/t42-,45?,46-,47?,48?,49?,50?/m1/s1. The highest BCUT2D eigenvalue weighted by molar-refractivity contribution is 7.47. The Labute approximate surface area is 385 Å². The molecule has 1 saturated carbocycles. The Morgan fingerprint density at radius 2 is 0.859 bits per heavy atom. The molecule has 370 valence electrons. The summed E-state index contributed by atoms with van der Waals surface area (Å²) < 4.78 is 33.5. The molecule has 14 heteroatoms. The fraction of sp³-hybridized carbons (Fsp3) is 0.760. The normalized spacial score (nSPS) is 22.1. The van der Waals surface area contributed by atoms with Gasteiger partial charge in [-0.05, 0) is 77.0 Å². The lowest BCUT2D eigenvalue weighted by atomic mass is 9.85. The van der Waals surface area contributed by atoms with E-state index in [1.165, 1.54) is 77.0 Å². The molecular weight excluding hydrogens is 840 g/mol. The van der Waals surface area contributed by atoms with E-state index >= 15 is 0 Å². The maximum absolute atomic E-state index is 12.8. The molecular formula is C50H87O13P. The molecule has 64 heavy (non-hydrogen) atoms. The van der Waals surface area contributed by atoms with Gasteiger partial charge in [0.25, 0.3) is 0 Å². The largest absolute Gasteiger partial charge is 0.472 e. The number of allylic oxidation sites excluding steroid dienone is 10. The first-order valence-electron chi connectivity index (χ1n) is 24.6. The van der Waals surface area contributed by atoms with Crippen molar-refractivity contribution in [1.82, 2.24) is 0 Å². The predicted molar refractivity (Wildman–Crippen MR) is 253 cm³/mol. The van der Waals surface area contributed by atoms with Crippen LogP contribution in [0.25, 0.3) is 0 Å². The number of phosphoric acid groups is 1. The van der Waals surface area contributed by atoms with Crippen LogP contribution in [0.5, 0.6) is 0 Å². The fourth-order valence-corrected chi connectivity index (χ4v) is 8.07. The average molecular weight is 927 g/mol. The quantitative estimate of drug-likeness (QED) is 0.0146. The third-order valence-electron chi connectivity index (χ3n) is 11.1. The molecule has 1 rings (SSSR count). The van der Waals surface area contributed by atoms with E-state index in [0.29, 0.717) is 19.3 Å². The van der Waals surface area contributed by atoms with Crippen LogP contribution >= 0.6 is 7.82 Å². The van der Waals surface area contributed by atoms with Crippen molar-refractivity contribution in [1.29, 1.82) is 0 Å². The number of carbonyl (C=O) groups excluding carboxylic acids is 2. The highest BCUT2D eigenvalue weighted by Crippen LogP contribution is 2.47. The highest BCUT2D eigenvalue weighted by atomic mass is 31.2. The summed E-state index contributed by atoms with van der Waals surface area (Å²) in [6, 6.07) is 0. The summed E-state index contributed by atoms with van der Waals surface area (Å²) in [5.74, 6) is -1.18. The number of carbonyl (C=O) groups is 2. The summed E-state index contributed by atoms with van der Waals surface area (Å²) in [5.41, 5.74) is 0. The second-order valence-corrected chi connectivity index (χ2v) is 18.4. The Bertz CT molecular complexity index is 1350. The Hall–Kier alpha value is -2.45. The molecule has 1 aliphatic rings. The molecule has 0 radical (unpaired) electrons. The molecule has 6 unspecified atom stereocenters. The lowest BCUT2D eigenvalue weighted by Crippen LogP contribution is -2.64. The van der Waals surface area contributed by atoms with Crippen LogP contribution in [-0.2, 0) is 32.7 Å². The van der Waals surface area contributed by atoms with Gasteiger partial charge in [0.05, 0.1) is 6.61 Å². The van der Waals surface area contributed by atoms with E-state index in [0.717, 1.165) is 64.2 Å². The van der Waals surface area contributed by atoms with Crippen LogP contribution in [0.3, 0.4) is 0 Å². The van der Waals surface area contributed by atoms with E-state index < -0.39 is 75.7 Å². The molecule has 0 saturated heterocycles. The van der Waals surface area contributed by atoms with Crippen LogP contribution in [0, 0.1) is 0 Å². The number of esters is 2. The first kappa shape index (κ1) is 59.6. The van der Waals surface area contributed by atoms with Gasteiger partial charge in [-0.25, -0.2) is 4.57 Å². The molecule has 1 aliphatic carbocycles. The molecule has 0 spiro atoms. The topological polar surface area (TPSA) is 210 Å². The molecule has 0 aromatic carbocycles. The van der Waals surface area contributed by atoms with Gasteiger partial charge < -0.3 is 39.9 Å². The summed E-state index contributed by atoms with van der Waals surface area (Å²) in [6.45, 7) is 3.24. The molecule has 0 heterocycles. The fourth-order valence-electron chi connectivity index (χ4n) is 7.10. The summed E-state index contributed by atoms with van der Waals surface area (Å²) in [6.07, 6.45) is 35.7. The minimum Gasteiger partial charge on any atom is -0.462 e. The van der Waals surface area contributed by atoms with Crippen LogP contribution in [-0.4, -0.2) is 98.3 Å². The van der Waals surface area contributed by atoms with Gasteiger partial charge in [-0.1, -0.05) is 158 Å². The third kappa shape index (κ3) is 31.5. The van der Waals surface area contributed by atoms with E-state index in [1.54, 1.807) is 0 Å². The Kier molecular flexibility index (Phi) is 36.9. The van der Waals surface area contributed by atoms with Gasteiger partial charge in [0.2, 0.25) is 0 Å². The monoisotopic (exact) mass is 927 g/mol. The van der Waals surface area contributed by atoms with Gasteiger partial charge in [0, 0.05) is 12.8 Å². The highest BCUT2D eigenvalue weighted by Gasteiger charge is 2.51. The van der Waals surface area contributed by atoms with Crippen molar-refractivity contribution >= 4 is 19.8 Å². The lowest BCUT2D eigenvalue weighted by Gasteiger charge is -2.41. The summed E-state index contributed by atoms with van der Waals surface area (Å²) >= 11 is 0. The molecule has 6 N–H and O–H groups in total. The van der Waals surface area contributed by atoms with Gasteiger partial charge in [-0.2, -0.15) is 0 Å². The SMILES string of the molecule is CCCCCCC/C=C/CCCCCCCC(=O)OC[C@H](COP(=O)(O)OC1C(O)C(O)C(O)[C@@H](O)C1O)OC(=O)CCC/C=C/C/C=C/C/C=C/C/C=C/CCCCCCCCC. The average Bonchev–Trinajstić information content (AvgIpc) is 3.28. The van der Waals surface area contributed by atoms with Crippen LogP contribution in [0.2, 0.25) is 0 Å². The Morgan fingerprint density at radius 1 is 0.484 bits per heavy atom. The second-order valence-electron chi connectivity index (χ2n) is 17.0. The molecule has 13 nitrogen and oxygen atoms in total. The van der Waals surface area contributed by atoms with Crippen molar-refractivity contribution in [3.8, 4) is 0 Å². The molecule has 8 atom stereocenters. The van der Waals surface area contributed by atoms with Gasteiger partial charge in [0.15, 0.2) is 6.10 Å². The smallest absolute Gasteiger partial charge is 0.462 e. The van der Waals surface area contributed by atoms with Crippen molar-refractivity contribution < 1.29 is 63.1 Å². The number of unbranched alkanes of at least 4 members (excludes halogenated alkanes) is 18. The van der Waals surface area contributed by atoms with Gasteiger partial charge in [-0.15, -0.1) is 0 Å². The number of phosphoric ester groups is 1. The van der Waals surface area contributed by atoms with Crippen molar-refractivity contribution in [3.05, 3.63) is 60.8 Å². The minimum atomic E-state index is -5.14. The molecule has 0 aromatic rings. The molecule has 0 aromatic heterocycles. The van der Waals surface area contributed by atoms with Crippen LogP contribution in [0.4, 0.5) is 0 Å². The van der Waals surface area contributed by atoms with Gasteiger partial charge in [0.1, 0.15) is 43.2 Å². The van der Waals surface area contributed by atoms with Crippen LogP contribution in [0.15, 0.2) is 60.8 Å². The third-order valence-corrected chi connectivity index (χ3v) is 12.1. The van der Waals surface area contributed by atoms with Crippen LogP contribution in [0.1, 0.15) is 187 Å². The molecule has 1 fully saturated rings. The van der Waals surface area contributed by atoms with E-state index in [1.807, 2.05) is 12.2 Å². The maximum atomic E-state index is 12.8. The molecule has 0 amide bonds. The van der Waals surface area contributed by atoms with Crippen molar-refractivity contribution in [3.63, 3.8) is 0 Å². The lowest BCUT2D eigenvalue weighted by molar-refractivity contribution is -0.220. The number of ether oxygens (including phenoxy) is 2. The number of hydrogen-bond donors (Lipinski definition) is 6. The van der Waals surface area contributed by atoms with Crippen LogP contribution < -0.4 is 0 Å². The molecule has 0 bridgehead atoms. The second kappa shape index (κ2) is 39.7. The predicted octanol–water partition coefficient (Wildman–Crippen LogP) is 10.1. The summed E-state index contributed by atoms with van der Waals surface area (Å²) in [5, 5.41) is 50.2.